The number of thiophene rings is 1. The largest absolute Gasteiger partial charge is 0.497 e. The molecule has 10 heteroatoms. The highest BCUT2D eigenvalue weighted by atomic mass is 127. The zero-order valence-electron chi connectivity index (χ0n) is 17.6. The van der Waals surface area contributed by atoms with Gasteiger partial charge in [0, 0.05) is 14.3 Å². The van der Waals surface area contributed by atoms with Gasteiger partial charge in [0.25, 0.3) is 11.5 Å². The quantitative estimate of drug-likeness (QED) is 0.269. The van der Waals surface area contributed by atoms with Crippen LogP contribution < -0.4 is 15.6 Å². The lowest BCUT2D eigenvalue weighted by Crippen LogP contribution is -2.25. The van der Waals surface area contributed by atoms with Crippen LogP contribution in [0, 0.1) is 3.57 Å². The number of rotatable bonds is 6. The molecular formula is C23H18IN3O5S. The summed E-state index contributed by atoms with van der Waals surface area (Å²) in [5.74, 6) is -0.397. The fourth-order valence-corrected chi connectivity index (χ4v) is 4.77. The molecule has 0 bridgehead atoms. The van der Waals surface area contributed by atoms with Crippen LogP contribution in [0.3, 0.4) is 0 Å². The zero-order chi connectivity index (χ0) is 23.5. The lowest BCUT2D eigenvalue weighted by atomic mass is 10.2. The molecule has 0 spiro atoms. The molecule has 0 atom stereocenters. The average molecular weight is 575 g/mol. The number of hydrogen-bond donors (Lipinski definition) is 1. The van der Waals surface area contributed by atoms with Gasteiger partial charge in [-0.05, 0) is 65.9 Å². The van der Waals surface area contributed by atoms with Gasteiger partial charge in [-0.3, -0.25) is 9.59 Å². The first-order valence-corrected chi connectivity index (χ1v) is 11.8. The number of benzene rings is 2. The first-order valence-electron chi connectivity index (χ1n) is 9.86. The maximum absolute atomic E-state index is 13.5. The molecular weight excluding hydrogens is 557 g/mol. The SMILES string of the molecule is CCOC(=O)c1nn(-c2ccc(OC)cc2)c(=O)c2c(NC(=O)c3ccccc3I)scc12. The van der Waals surface area contributed by atoms with Crippen LogP contribution >= 0.6 is 33.9 Å². The second kappa shape index (κ2) is 9.71. The van der Waals surface area contributed by atoms with Gasteiger partial charge in [0.05, 0.1) is 30.4 Å². The molecule has 0 aliphatic carbocycles. The van der Waals surface area contributed by atoms with Gasteiger partial charge in [0.1, 0.15) is 10.8 Å². The van der Waals surface area contributed by atoms with Gasteiger partial charge in [0.15, 0.2) is 5.69 Å². The van der Waals surface area contributed by atoms with Crippen LogP contribution in [0.2, 0.25) is 0 Å². The number of aromatic nitrogens is 2. The Bertz CT molecular complexity index is 1410. The maximum atomic E-state index is 13.5. The van der Waals surface area contributed by atoms with Gasteiger partial charge >= 0.3 is 5.97 Å². The van der Waals surface area contributed by atoms with Crippen LogP contribution in [-0.2, 0) is 4.74 Å². The molecule has 0 saturated carbocycles. The van der Waals surface area contributed by atoms with E-state index in [9.17, 15) is 14.4 Å². The molecule has 4 rings (SSSR count). The smallest absolute Gasteiger partial charge is 0.359 e. The Hall–Kier alpha value is -3.25. The normalized spacial score (nSPS) is 10.8. The monoisotopic (exact) mass is 575 g/mol. The van der Waals surface area contributed by atoms with E-state index in [1.165, 1.54) is 0 Å². The van der Waals surface area contributed by atoms with Crippen molar-refractivity contribution in [1.82, 2.24) is 9.78 Å². The van der Waals surface area contributed by atoms with E-state index in [0.29, 0.717) is 27.4 Å². The van der Waals surface area contributed by atoms with Crippen molar-refractivity contribution in [2.45, 2.75) is 6.92 Å². The number of esters is 1. The third kappa shape index (κ3) is 4.48. The van der Waals surface area contributed by atoms with Gasteiger partial charge in [-0.2, -0.15) is 9.78 Å². The minimum Gasteiger partial charge on any atom is -0.497 e. The molecule has 0 aliphatic heterocycles. The molecule has 2 aromatic heterocycles. The van der Waals surface area contributed by atoms with Gasteiger partial charge in [-0.1, -0.05) is 12.1 Å². The number of halogens is 1. The van der Waals surface area contributed by atoms with E-state index in [1.807, 2.05) is 12.1 Å². The number of fused-ring (bicyclic) bond motifs is 1. The first-order chi connectivity index (χ1) is 15.9. The molecule has 0 unspecified atom stereocenters. The maximum Gasteiger partial charge on any atom is 0.359 e. The highest BCUT2D eigenvalue weighted by molar-refractivity contribution is 14.1. The molecule has 2 aromatic carbocycles. The van der Waals surface area contributed by atoms with Gasteiger partial charge < -0.3 is 14.8 Å². The fourth-order valence-electron chi connectivity index (χ4n) is 3.21. The van der Waals surface area contributed by atoms with Crippen LogP contribution in [0.4, 0.5) is 5.00 Å². The minimum atomic E-state index is -0.655. The van der Waals surface area contributed by atoms with Crippen molar-refractivity contribution < 1.29 is 19.1 Å². The molecule has 33 heavy (non-hydrogen) atoms. The molecule has 1 amide bonds. The van der Waals surface area contributed by atoms with Gasteiger partial charge in [0.2, 0.25) is 0 Å². The van der Waals surface area contributed by atoms with Crippen LogP contribution in [-0.4, -0.2) is 35.4 Å². The Labute approximate surface area is 206 Å². The second-order valence-electron chi connectivity index (χ2n) is 6.77. The number of amides is 1. The van der Waals surface area contributed by atoms with Crippen molar-refractivity contribution in [2.24, 2.45) is 0 Å². The molecule has 8 nitrogen and oxygen atoms in total. The van der Waals surface area contributed by atoms with E-state index in [1.54, 1.807) is 55.8 Å². The molecule has 0 fully saturated rings. The van der Waals surface area contributed by atoms with Crippen LogP contribution in [0.1, 0.15) is 27.8 Å². The highest BCUT2D eigenvalue weighted by Crippen LogP contribution is 2.31. The Morgan fingerprint density at radius 2 is 1.88 bits per heavy atom. The first kappa shape index (κ1) is 22.9. The number of hydrogen-bond acceptors (Lipinski definition) is 7. The van der Waals surface area contributed by atoms with E-state index in [4.69, 9.17) is 9.47 Å². The summed E-state index contributed by atoms with van der Waals surface area (Å²) in [6.45, 7) is 1.85. The van der Waals surface area contributed by atoms with Gasteiger partial charge in [-0.15, -0.1) is 11.3 Å². The third-order valence-electron chi connectivity index (χ3n) is 4.78. The average Bonchev–Trinajstić information content (AvgIpc) is 3.24. The van der Waals surface area contributed by atoms with Crippen molar-refractivity contribution in [3.63, 3.8) is 0 Å². The van der Waals surface area contributed by atoms with Crippen molar-refractivity contribution >= 4 is 61.6 Å². The number of anilines is 1. The molecule has 2 heterocycles. The molecule has 0 saturated heterocycles. The lowest BCUT2D eigenvalue weighted by Gasteiger charge is -2.10. The summed E-state index contributed by atoms with van der Waals surface area (Å²) in [6.07, 6.45) is 0. The number of ether oxygens (including phenoxy) is 2. The summed E-state index contributed by atoms with van der Waals surface area (Å²) in [7, 11) is 1.54. The molecule has 0 aliphatic rings. The van der Waals surface area contributed by atoms with E-state index < -0.39 is 11.5 Å². The third-order valence-corrected chi connectivity index (χ3v) is 6.62. The summed E-state index contributed by atoms with van der Waals surface area (Å²) in [6, 6.07) is 13.8. The predicted octanol–water partition coefficient (Wildman–Crippen LogP) is 4.49. The summed E-state index contributed by atoms with van der Waals surface area (Å²) >= 11 is 3.23. The van der Waals surface area contributed by atoms with E-state index in [0.717, 1.165) is 19.6 Å². The fraction of sp³-hybridized carbons (Fsp3) is 0.130. The van der Waals surface area contributed by atoms with E-state index >= 15 is 0 Å². The summed E-state index contributed by atoms with van der Waals surface area (Å²) < 4.78 is 12.2. The number of carbonyl (C=O) groups excluding carboxylic acids is 2. The molecule has 1 N–H and O–H groups in total. The summed E-state index contributed by atoms with van der Waals surface area (Å²) in [5.41, 5.74) is 0.444. The number of methoxy groups -OCH3 is 1. The standard InChI is InChI=1S/C23H18IN3O5S/c1-3-32-23(30)19-16-12-33-21(25-20(28)15-6-4-5-7-17(15)24)18(16)22(29)27(26-19)13-8-10-14(31-2)11-9-13/h4-12H,3H2,1-2H3,(H,25,28). The van der Waals surface area contributed by atoms with E-state index in [2.05, 4.69) is 33.0 Å². The Morgan fingerprint density at radius 3 is 2.55 bits per heavy atom. The van der Waals surface area contributed by atoms with Crippen molar-refractivity contribution in [1.29, 1.82) is 0 Å². The molecule has 0 radical (unpaired) electrons. The second-order valence-corrected chi connectivity index (χ2v) is 8.81. The Morgan fingerprint density at radius 1 is 1.15 bits per heavy atom. The van der Waals surface area contributed by atoms with Crippen molar-refractivity contribution in [2.75, 3.05) is 19.0 Å². The topological polar surface area (TPSA) is 99.5 Å². The van der Waals surface area contributed by atoms with Crippen LogP contribution in [0.15, 0.2) is 58.7 Å². The Kier molecular flexibility index (Phi) is 6.75. The Balaban J connectivity index is 1.88. The van der Waals surface area contributed by atoms with Crippen molar-refractivity contribution in [3.05, 3.63) is 79.1 Å². The predicted molar refractivity (Wildman–Crippen MR) is 135 cm³/mol. The molecule has 168 valence electrons. The number of carbonyl (C=O) groups is 2. The minimum absolute atomic E-state index is 0.00620. The molecule has 4 aromatic rings. The highest BCUT2D eigenvalue weighted by Gasteiger charge is 2.23. The van der Waals surface area contributed by atoms with E-state index in [-0.39, 0.29) is 23.6 Å². The zero-order valence-corrected chi connectivity index (χ0v) is 20.6. The van der Waals surface area contributed by atoms with Gasteiger partial charge in [-0.25, -0.2) is 4.79 Å². The summed E-state index contributed by atoms with van der Waals surface area (Å²) in [5, 5.41) is 9.58. The summed E-state index contributed by atoms with van der Waals surface area (Å²) in [4.78, 5) is 39.0. The number of nitrogens with one attached hydrogen (secondary N) is 1. The van der Waals surface area contributed by atoms with Crippen LogP contribution in [0.5, 0.6) is 5.75 Å². The van der Waals surface area contributed by atoms with Crippen LogP contribution in [0.25, 0.3) is 16.5 Å². The lowest BCUT2D eigenvalue weighted by molar-refractivity contribution is 0.0520. The van der Waals surface area contributed by atoms with Crippen molar-refractivity contribution in [3.8, 4) is 11.4 Å². The number of nitrogens with zero attached hydrogens (tertiary/aromatic N) is 2.